The molecular weight excluding hydrogens is 550 g/mol. The van der Waals surface area contributed by atoms with Crippen LogP contribution in [0.25, 0.3) is 0 Å². The smallest absolute Gasteiger partial charge is 0.264 e. The summed E-state index contributed by atoms with van der Waals surface area (Å²) in [6, 6.07) is 0. The van der Waals surface area contributed by atoms with Crippen molar-refractivity contribution in [1.29, 1.82) is 0 Å². The Hall–Kier alpha value is -0.130. The van der Waals surface area contributed by atoms with Gasteiger partial charge >= 0.3 is 0 Å². The van der Waals surface area contributed by atoms with Gasteiger partial charge in [0.25, 0.3) is 10.1 Å². The molecule has 1 N–H and O–H groups in total. The molecule has 0 rings (SSSR count). The molecule has 0 fully saturated rings. The number of hydrogen-bond donors (Lipinski definition) is 1. The van der Waals surface area contributed by atoms with Crippen LogP contribution in [0.5, 0.6) is 0 Å². The van der Waals surface area contributed by atoms with E-state index < -0.39 is 10.1 Å². The molecule has 0 atom stereocenters. The molecule has 0 radical (unpaired) electrons. The molecule has 262 valence electrons. The summed E-state index contributed by atoms with van der Waals surface area (Å²) in [6.07, 6.45) is 40.7. The average molecular weight is 633 g/mol. The number of nitrogens with zero attached hydrogens (tertiary/aromatic N) is 1. The fourth-order valence-corrected chi connectivity index (χ4v) is 6.29. The van der Waals surface area contributed by atoms with Crippen molar-refractivity contribution in [1.82, 2.24) is 0 Å². The molecule has 0 spiro atoms. The molecule has 0 aliphatic rings. The number of unbranched alkanes of at least 4 members (excludes halogenated alkanes) is 24. The molecule has 0 unspecified atom stereocenters. The topological polar surface area (TPSA) is 54.4 Å². The van der Waals surface area contributed by atoms with Gasteiger partial charge in [-0.3, -0.25) is 4.55 Å². The summed E-state index contributed by atoms with van der Waals surface area (Å²) in [6.45, 7) is 16.6. The van der Waals surface area contributed by atoms with E-state index in [0.717, 1.165) is 0 Å². The normalized spacial score (nSPS) is 12.0. The third kappa shape index (κ3) is 36.2. The van der Waals surface area contributed by atoms with Crippen molar-refractivity contribution in [2.75, 3.05) is 31.9 Å². The van der Waals surface area contributed by atoms with Crippen molar-refractivity contribution in [3.05, 3.63) is 0 Å². The molecule has 0 bridgehead atoms. The molecule has 43 heavy (non-hydrogen) atoms. The highest BCUT2D eigenvalue weighted by atomic mass is 32.2. The van der Waals surface area contributed by atoms with E-state index in [4.69, 9.17) is 4.55 Å². The SMILES string of the molecule is CCCCCCCCCCCC[N+](CCCCCCCC)(CCCCCCCC)CCCCCCCC.CCS(=O)(=O)O. The molecule has 4 nitrogen and oxygen atoms in total. The van der Waals surface area contributed by atoms with Gasteiger partial charge in [0.1, 0.15) is 0 Å². The van der Waals surface area contributed by atoms with Crippen molar-refractivity contribution in [2.24, 2.45) is 0 Å². The summed E-state index contributed by atoms with van der Waals surface area (Å²) in [5.74, 6) is -0.201. The van der Waals surface area contributed by atoms with Crippen molar-refractivity contribution in [2.45, 2.75) is 214 Å². The summed E-state index contributed by atoms with van der Waals surface area (Å²) in [4.78, 5) is 0. The zero-order valence-electron chi connectivity index (χ0n) is 30.5. The van der Waals surface area contributed by atoms with Gasteiger partial charge in [-0.15, -0.1) is 0 Å². The minimum Gasteiger partial charge on any atom is -0.324 e. The first-order valence-corrected chi connectivity index (χ1v) is 21.2. The van der Waals surface area contributed by atoms with E-state index in [9.17, 15) is 8.42 Å². The van der Waals surface area contributed by atoms with Gasteiger partial charge in [0, 0.05) is 0 Å². The first-order chi connectivity index (χ1) is 20.8. The summed E-state index contributed by atoms with van der Waals surface area (Å²) >= 11 is 0. The van der Waals surface area contributed by atoms with Gasteiger partial charge in [-0.1, -0.05) is 156 Å². The van der Waals surface area contributed by atoms with Gasteiger partial charge in [-0.2, -0.15) is 8.42 Å². The molecule has 0 saturated carbocycles. The predicted octanol–water partition coefficient (Wildman–Crippen LogP) is 12.7. The maximum absolute atomic E-state index is 9.56. The van der Waals surface area contributed by atoms with E-state index in [0.29, 0.717) is 0 Å². The second-order valence-electron chi connectivity index (χ2n) is 13.6. The Morgan fingerprint density at radius 3 is 0.674 bits per heavy atom. The quantitative estimate of drug-likeness (QED) is 0.0445. The van der Waals surface area contributed by atoms with Gasteiger partial charge in [0.15, 0.2) is 0 Å². The molecule has 0 heterocycles. The largest absolute Gasteiger partial charge is 0.324 e. The zero-order chi connectivity index (χ0) is 32.3. The molecule has 0 saturated heterocycles. The van der Waals surface area contributed by atoms with E-state index >= 15 is 0 Å². The van der Waals surface area contributed by atoms with Gasteiger partial charge in [0.2, 0.25) is 0 Å². The monoisotopic (exact) mass is 633 g/mol. The van der Waals surface area contributed by atoms with Crippen LogP contribution in [0.1, 0.15) is 214 Å². The van der Waals surface area contributed by atoms with Crippen molar-refractivity contribution in [3.63, 3.8) is 0 Å². The summed E-state index contributed by atoms with van der Waals surface area (Å²) in [5, 5.41) is 0. The second-order valence-corrected chi connectivity index (χ2v) is 15.3. The molecule has 0 aromatic carbocycles. The fourth-order valence-electron chi connectivity index (χ4n) is 6.29. The minimum atomic E-state index is -3.66. The molecule has 0 aliphatic carbocycles. The Labute approximate surface area is 273 Å². The molecule has 0 aromatic heterocycles. The van der Waals surface area contributed by atoms with E-state index in [1.165, 1.54) is 217 Å². The molecule has 0 aromatic rings. The summed E-state index contributed by atoms with van der Waals surface area (Å²) in [7, 11) is -3.66. The Morgan fingerprint density at radius 2 is 0.512 bits per heavy atom. The zero-order valence-corrected chi connectivity index (χ0v) is 31.3. The molecular formula is C38H82NO3S+. The number of quaternary nitrogens is 1. The van der Waals surface area contributed by atoms with Crippen LogP contribution in [0.3, 0.4) is 0 Å². The maximum Gasteiger partial charge on any atom is 0.264 e. The third-order valence-corrected chi connectivity index (χ3v) is 10.0. The van der Waals surface area contributed by atoms with Crippen LogP contribution in [0.2, 0.25) is 0 Å². The van der Waals surface area contributed by atoms with Crippen molar-refractivity contribution in [3.8, 4) is 0 Å². The lowest BCUT2D eigenvalue weighted by Crippen LogP contribution is -2.50. The standard InChI is InChI=1S/C36H76N.C2H6O3S/c1-5-9-13-17-21-22-23-24-28-32-36-37(33-29-25-18-14-10-6-2,34-30-26-19-15-11-7-3)35-31-27-20-16-12-8-4;1-2-6(3,4)5/h5-36H2,1-4H3;2H2,1H3,(H,3,4,5)/q+1;. The van der Waals surface area contributed by atoms with Gasteiger partial charge in [-0.05, 0) is 58.3 Å². The maximum atomic E-state index is 9.56. The van der Waals surface area contributed by atoms with Crippen LogP contribution < -0.4 is 0 Å². The number of rotatable bonds is 33. The van der Waals surface area contributed by atoms with Crippen molar-refractivity contribution < 1.29 is 17.5 Å². The van der Waals surface area contributed by atoms with E-state index in [2.05, 4.69) is 27.7 Å². The van der Waals surface area contributed by atoms with Crippen LogP contribution in [0.15, 0.2) is 0 Å². The van der Waals surface area contributed by atoms with Crippen LogP contribution in [-0.4, -0.2) is 49.4 Å². The highest BCUT2D eigenvalue weighted by Gasteiger charge is 2.25. The van der Waals surface area contributed by atoms with E-state index in [1.54, 1.807) is 0 Å². The van der Waals surface area contributed by atoms with Crippen LogP contribution in [0.4, 0.5) is 0 Å². The lowest BCUT2D eigenvalue weighted by molar-refractivity contribution is -0.929. The van der Waals surface area contributed by atoms with E-state index in [1.807, 2.05) is 0 Å². The van der Waals surface area contributed by atoms with Crippen LogP contribution in [0, 0.1) is 0 Å². The van der Waals surface area contributed by atoms with Gasteiger partial charge in [0.05, 0.1) is 31.9 Å². The second kappa shape index (κ2) is 34.7. The Kier molecular flexibility index (Phi) is 36.3. The van der Waals surface area contributed by atoms with E-state index in [-0.39, 0.29) is 5.75 Å². The molecule has 0 amide bonds. The van der Waals surface area contributed by atoms with Gasteiger partial charge < -0.3 is 4.48 Å². The first kappa shape index (κ1) is 45.0. The Bertz CT molecular complexity index is 582. The lowest BCUT2D eigenvalue weighted by Gasteiger charge is -2.40. The average Bonchev–Trinajstić information content (AvgIpc) is 2.99. The van der Waals surface area contributed by atoms with Crippen molar-refractivity contribution >= 4 is 10.1 Å². The summed E-state index contributed by atoms with van der Waals surface area (Å²) in [5.41, 5.74) is 0. The van der Waals surface area contributed by atoms with Crippen LogP contribution >= 0.6 is 0 Å². The first-order valence-electron chi connectivity index (χ1n) is 19.6. The highest BCUT2D eigenvalue weighted by Crippen LogP contribution is 2.21. The lowest BCUT2D eigenvalue weighted by atomic mass is 10.0. The number of hydrogen-bond acceptors (Lipinski definition) is 2. The fraction of sp³-hybridized carbons (Fsp3) is 1.00. The third-order valence-electron chi connectivity index (χ3n) is 9.31. The minimum absolute atomic E-state index is 0.201. The highest BCUT2D eigenvalue weighted by molar-refractivity contribution is 7.85. The molecule has 5 heteroatoms. The van der Waals surface area contributed by atoms with Crippen LogP contribution in [-0.2, 0) is 10.1 Å². The Morgan fingerprint density at radius 1 is 0.349 bits per heavy atom. The summed E-state index contributed by atoms with van der Waals surface area (Å²) < 4.78 is 28.4. The predicted molar refractivity (Wildman–Crippen MR) is 194 cm³/mol. The Balaban J connectivity index is 0. The molecule has 0 aliphatic heterocycles. The van der Waals surface area contributed by atoms with Gasteiger partial charge in [-0.25, -0.2) is 0 Å².